The van der Waals surface area contributed by atoms with Crippen molar-refractivity contribution in [2.75, 3.05) is 16.4 Å². The number of hydrogen-bond donors (Lipinski definition) is 3. The molecular weight excluding hydrogens is 418 g/mol. The minimum atomic E-state index is -3.42. The molecule has 0 radical (unpaired) electrons. The van der Waals surface area contributed by atoms with E-state index in [-0.39, 0.29) is 9.23 Å². The van der Waals surface area contributed by atoms with Crippen LogP contribution in [0.3, 0.4) is 0 Å². The smallest absolute Gasteiger partial charge is 0.229 e. The van der Waals surface area contributed by atoms with Crippen LogP contribution in [-0.4, -0.2) is 23.6 Å². The summed E-state index contributed by atoms with van der Waals surface area (Å²) in [6.45, 7) is 5.21. The van der Waals surface area contributed by atoms with Gasteiger partial charge >= 0.3 is 0 Å². The van der Waals surface area contributed by atoms with Gasteiger partial charge in [-0.3, -0.25) is 0 Å². The Bertz CT molecular complexity index is 1110. The number of aromatic nitrogens is 2. The molecule has 10 heteroatoms. The maximum absolute atomic E-state index is 12.5. The van der Waals surface area contributed by atoms with Gasteiger partial charge in [-0.25, -0.2) is 13.4 Å². The predicted molar refractivity (Wildman–Crippen MR) is 116 cm³/mol. The van der Waals surface area contributed by atoms with Gasteiger partial charge in [0, 0.05) is 11.4 Å². The van der Waals surface area contributed by atoms with Gasteiger partial charge < -0.3 is 16.4 Å². The number of anilines is 5. The average Bonchev–Trinajstić information content (AvgIpc) is 3.09. The van der Waals surface area contributed by atoms with Crippen molar-refractivity contribution in [2.24, 2.45) is 0 Å². The van der Waals surface area contributed by atoms with Gasteiger partial charge in [0.05, 0.1) is 17.1 Å². The van der Waals surface area contributed by atoms with Crippen molar-refractivity contribution in [1.82, 2.24) is 9.97 Å². The van der Waals surface area contributed by atoms with Crippen LogP contribution in [-0.2, 0) is 9.84 Å². The monoisotopic (exact) mass is 437 g/mol. The zero-order valence-corrected chi connectivity index (χ0v) is 17.9. The molecule has 0 amide bonds. The Balaban J connectivity index is 1.91. The third kappa shape index (κ3) is 4.21. The minimum Gasteiger partial charge on any atom is -0.399 e. The van der Waals surface area contributed by atoms with E-state index in [1.165, 1.54) is 6.20 Å². The van der Waals surface area contributed by atoms with Crippen molar-refractivity contribution < 1.29 is 8.42 Å². The van der Waals surface area contributed by atoms with E-state index in [0.717, 1.165) is 22.6 Å². The number of nitrogens with one attached hydrogen (secondary N) is 2. The van der Waals surface area contributed by atoms with Gasteiger partial charge in [0.25, 0.3) is 0 Å². The highest BCUT2D eigenvalue weighted by atomic mass is 35.5. The summed E-state index contributed by atoms with van der Waals surface area (Å²) < 4.78 is 25.3. The number of halogens is 1. The van der Waals surface area contributed by atoms with E-state index in [1.807, 2.05) is 19.1 Å². The van der Waals surface area contributed by atoms with Crippen LogP contribution in [0.1, 0.15) is 19.4 Å². The number of benzene rings is 1. The van der Waals surface area contributed by atoms with Gasteiger partial charge in [0.2, 0.25) is 5.95 Å². The lowest BCUT2D eigenvalue weighted by atomic mass is 10.2. The third-order valence-corrected chi connectivity index (χ3v) is 7.95. The summed E-state index contributed by atoms with van der Waals surface area (Å²) in [6.07, 6.45) is 1.45. The largest absolute Gasteiger partial charge is 0.399 e. The van der Waals surface area contributed by atoms with Crippen LogP contribution in [0.5, 0.6) is 0 Å². The van der Waals surface area contributed by atoms with E-state index < -0.39 is 15.1 Å². The fourth-order valence-corrected chi connectivity index (χ4v) is 5.26. The van der Waals surface area contributed by atoms with Crippen LogP contribution < -0.4 is 16.4 Å². The normalized spacial score (nSPS) is 11.6. The predicted octanol–water partition coefficient (Wildman–Crippen LogP) is 4.75. The average molecular weight is 438 g/mol. The molecule has 0 spiro atoms. The van der Waals surface area contributed by atoms with Crippen molar-refractivity contribution in [2.45, 2.75) is 30.2 Å². The summed E-state index contributed by atoms with van der Waals surface area (Å²) in [5, 5.41) is 7.60. The molecule has 3 rings (SSSR count). The molecular formula is C18H20ClN5O2S2. The number of rotatable bonds is 6. The Labute approximate surface area is 172 Å². The maximum atomic E-state index is 12.5. The Morgan fingerprint density at radius 3 is 2.61 bits per heavy atom. The zero-order chi connectivity index (χ0) is 20.5. The number of nitrogen functional groups attached to an aromatic ring is 1. The SMILES string of the molecule is Cc1cc(N)ccc1Nc1ncc(Cl)c(Nc2ccsc2S(=O)(=O)C(C)C)n1. The fraction of sp³-hybridized carbons (Fsp3) is 0.222. The van der Waals surface area contributed by atoms with E-state index in [0.29, 0.717) is 23.1 Å². The molecule has 0 saturated carbocycles. The molecule has 0 bridgehead atoms. The summed E-state index contributed by atoms with van der Waals surface area (Å²) in [7, 11) is -3.42. The molecule has 2 heterocycles. The third-order valence-electron chi connectivity index (χ3n) is 4.00. The lowest BCUT2D eigenvalue weighted by molar-refractivity contribution is 0.590. The number of hydrogen-bond acceptors (Lipinski definition) is 8. The highest BCUT2D eigenvalue weighted by Crippen LogP contribution is 2.34. The number of thiophene rings is 1. The maximum Gasteiger partial charge on any atom is 0.229 e. The van der Waals surface area contributed by atoms with Crippen molar-refractivity contribution in [3.05, 3.63) is 46.4 Å². The molecule has 0 aliphatic heterocycles. The molecule has 0 aliphatic carbocycles. The molecule has 0 atom stereocenters. The van der Waals surface area contributed by atoms with Crippen LogP contribution in [0, 0.1) is 6.92 Å². The van der Waals surface area contributed by atoms with Crippen LogP contribution in [0.2, 0.25) is 5.02 Å². The first-order valence-corrected chi connectivity index (χ1v) is 11.2. The molecule has 0 aliphatic rings. The van der Waals surface area contributed by atoms with Crippen molar-refractivity contribution in [3.63, 3.8) is 0 Å². The molecule has 7 nitrogen and oxygen atoms in total. The van der Waals surface area contributed by atoms with Crippen LogP contribution in [0.15, 0.2) is 40.1 Å². The fourth-order valence-electron chi connectivity index (χ4n) is 2.41. The zero-order valence-electron chi connectivity index (χ0n) is 15.5. The van der Waals surface area contributed by atoms with E-state index in [4.69, 9.17) is 17.3 Å². The molecule has 1 aromatic carbocycles. The van der Waals surface area contributed by atoms with Gasteiger partial charge in [-0.2, -0.15) is 4.98 Å². The lowest BCUT2D eigenvalue weighted by Gasteiger charge is -2.13. The lowest BCUT2D eigenvalue weighted by Crippen LogP contribution is -2.14. The summed E-state index contributed by atoms with van der Waals surface area (Å²) >= 11 is 7.38. The second kappa shape index (κ2) is 7.94. The van der Waals surface area contributed by atoms with E-state index >= 15 is 0 Å². The Morgan fingerprint density at radius 2 is 1.93 bits per heavy atom. The van der Waals surface area contributed by atoms with Crippen molar-refractivity contribution >= 4 is 61.6 Å². The second-order valence-electron chi connectivity index (χ2n) is 6.43. The van der Waals surface area contributed by atoms with Gasteiger partial charge in [0.1, 0.15) is 9.23 Å². The topological polar surface area (TPSA) is 110 Å². The summed E-state index contributed by atoms with van der Waals surface area (Å²) in [5.74, 6) is 0.633. The van der Waals surface area contributed by atoms with Gasteiger partial charge in [-0.1, -0.05) is 11.6 Å². The highest BCUT2D eigenvalue weighted by Gasteiger charge is 2.25. The number of aryl methyl sites for hydroxylation is 1. The highest BCUT2D eigenvalue weighted by molar-refractivity contribution is 7.94. The van der Waals surface area contributed by atoms with Crippen LogP contribution >= 0.6 is 22.9 Å². The second-order valence-corrected chi connectivity index (χ2v) is 10.5. The van der Waals surface area contributed by atoms with Crippen LogP contribution in [0.25, 0.3) is 0 Å². The van der Waals surface area contributed by atoms with Crippen molar-refractivity contribution in [3.8, 4) is 0 Å². The van der Waals surface area contributed by atoms with Crippen LogP contribution in [0.4, 0.5) is 28.8 Å². The van der Waals surface area contributed by atoms with Crippen molar-refractivity contribution in [1.29, 1.82) is 0 Å². The van der Waals surface area contributed by atoms with Gasteiger partial charge in [-0.15, -0.1) is 11.3 Å². The molecule has 2 aromatic heterocycles. The quantitative estimate of drug-likeness (QED) is 0.477. The molecule has 0 unspecified atom stereocenters. The first-order chi connectivity index (χ1) is 13.2. The Morgan fingerprint density at radius 1 is 1.18 bits per heavy atom. The summed E-state index contributed by atoms with van der Waals surface area (Å²) in [5.41, 5.74) is 8.63. The molecule has 0 fully saturated rings. The first kappa shape index (κ1) is 20.4. The standard InChI is InChI=1S/C18H20ClN5O2S2/c1-10(2)28(25,26)17-15(6-7-27-17)22-16-13(19)9-21-18(24-16)23-14-5-4-12(20)8-11(14)3/h4-10H,20H2,1-3H3,(H2,21,22,23,24). The molecule has 3 aromatic rings. The molecule has 0 saturated heterocycles. The number of sulfone groups is 1. The number of nitrogens with zero attached hydrogens (tertiary/aromatic N) is 2. The molecule has 4 N–H and O–H groups in total. The van der Waals surface area contributed by atoms with Gasteiger partial charge in [0.15, 0.2) is 15.7 Å². The van der Waals surface area contributed by atoms with E-state index in [1.54, 1.807) is 31.4 Å². The summed E-state index contributed by atoms with van der Waals surface area (Å²) in [4.78, 5) is 8.57. The molecule has 28 heavy (non-hydrogen) atoms. The molecule has 148 valence electrons. The minimum absolute atomic E-state index is 0.251. The Hall–Kier alpha value is -2.36. The first-order valence-electron chi connectivity index (χ1n) is 8.42. The van der Waals surface area contributed by atoms with Gasteiger partial charge in [-0.05, 0) is 56.0 Å². The number of nitrogens with two attached hydrogens (primary N) is 1. The van der Waals surface area contributed by atoms with E-state index in [9.17, 15) is 8.42 Å². The Kier molecular flexibility index (Phi) is 5.78. The summed E-state index contributed by atoms with van der Waals surface area (Å²) in [6, 6.07) is 7.14. The van der Waals surface area contributed by atoms with E-state index in [2.05, 4.69) is 20.6 Å².